The number of nitriles is 1. The molecule has 0 unspecified atom stereocenters. The van der Waals surface area contributed by atoms with Crippen molar-refractivity contribution in [2.45, 2.75) is 0 Å². The molecular weight excluding hydrogens is 366 g/mol. The van der Waals surface area contributed by atoms with Gasteiger partial charge in [-0.25, -0.2) is 15.4 Å². The standard InChI is InChI=1S/C21H15N7O/c22-10-17-19(15-6-2-1-3-7-15)26-21(27-20(17)29)28-25-11-14-5-4-8-16(9-14)18-12-23-13-24-18/h1-9,11-13H,(H,23,24)(H2,26,27,28,29). The van der Waals surface area contributed by atoms with Crippen LogP contribution in [0.15, 0.2) is 77.0 Å². The Morgan fingerprint density at radius 2 is 1.93 bits per heavy atom. The molecule has 0 fully saturated rings. The number of aromatic nitrogens is 4. The van der Waals surface area contributed by atoms with Crippen LogP contribution in [0.1, 0.15) is 11.1 Å². The summed E-state index contributed by atoms with van der Waals surface area (Å²) in [6.07, 6.45) is 4.97. The first kappa shape index (κ1) is 17.9. The first-order valence-electron chi connectivity index (χ1n) is 8.72. The van der Waals surface area contributed by atoms with E-state index in [0.717, 1.165) is 16.8 Å². The van der Waals surface area contributed by atoms with Crippen molar-refractivity contribution < 1.29 is 0 Å². The molecule has 0 spiro atoms. The van der Waals surface area contributed by atoms with Crippen LogP contribution in [0.3, 0.4) is 0 Å². The van der Waals surface area contributed by atoms with E-state index in [2.05, 4.69) is 30.5 Å². The lowest BCUT2D eigenvalue weighted by atomic mass is 10.1. The minimum atomic E-state index is -0.528. The molecule has 4 aromatic rings. The third-order valence-corrected chi connectivity index (χ3v) is 4.16. The second-order valence-electron chi connectivity index (χ2n) is 6.08. The average Bonchev–Trinajstić information content (AvgIpc) is 3.29. The van der Waals surface area contributed by atoms with Crippen molar-refractivity contribution in [3.63, 3.8) is 0 Å². The number of hydrazone groups is 1. The van der Waals surface area contributed by atoms with Crippen LogP contribution in [0.25, 0.3) is 22.5 Å². The van der Waals surface area contributed by atoms with Crippen molar-refractivity contribution in [2.24, 2.45) is 5.10 Å². The molecule has 0 radical (unpaired) electrons. The highest BCUT2D eigenvalue weighted by Crippen LogP contribution is 2.19. The Labute approximate surface area is 165 Å². The summed E-state index contributed by atoms with van der Waals surface area (Å²) in [5.74, 6) is 0.147. The minimum absolute atomic E-state index is 0.0435. The third-order valence-electron chi connectivity index (χ3n) is 4.16. The van der Waals surface area contributed by atoms with E-state index in [9.17, 15) is 10.1 Å². The number of hydrogen-bond acceptors (Lipinski definition) is 6. The second-order valence-corrected chi connectivity index (χ2v) is 6.08. The lowest BCUT2D eigenvalue weighted by Crippen LogP contribution is -2.16. The molecule has 0 saturated carbocycles. The molecule has 4 rings (SSSR count). The van der Waals surface area contributed by atoms with E-state index >= 15 is 0 Å². The van der Waals surface area contributed by atoms with Crippen molar-refractivity contribution >= 4 is 12.2 Å². The van der Waals surface area contributed by atoms with E-state index in [1.54, 1.807) is 30.9 Å². The van der Waals surface area contributed by atoms with E-state index in [-0.39, 0.29) is 11.5 Å². The van der Waals surface area contributed by atoms with Crippen LogP contribution < -0.4 is 11.0 Å². The van der Waals surface area contributed by atoms with Crippen molar-refractivity contribution in [3.8, 4) is 28.6 Å². The monoisotopic (exact) mass is 381 g/mol. The number of H-pyrrole nitrogens is 2. The number of benzene rings is 2. The highest BCUT2D eigenvalue weighted by atomic mass is 16.1. The predicted octanol–water partition coefficient (Wildman–Crippen LogP) is 3.14. The Bertz CT molecular complexity index is 1250. The zero-order valence-electron chi connectivity index (χ0n) is 15.1. The van der Waals surface area contributed by atoms with Crippen LogP contribution in [0, 0.1) is 11.3 Å². The maximum absolute atomic E-state index is 12.3. The molecule has 0 aliphatic carbocycles. The van der Waals surface area contributed by atoms with E-state index in [0.29, 0.717) is 11.3 Å². The van der Waals surface area contributed by atoms with Gasteiger partial charge in [0.2, 0.25) is 5.95 Å². The molecule has 140 valence electrons. The van der Waals surface area contributed by atoms with E-state index in [1.165, 1.54) is 0 Å². The van der Waals surface area contributed by atoms with Crippen molar-refractivity contribution in [1.82, 2.24) is 19.9 Å². The zero-order chi connectivity index (χ0) is 20.1. The van der Waals surface area contributed by atoms with Gasteiger partial charge in [-0.15, -0.1) is 0 Å². The molecule has 0 aliphatic rings. The molecule has 2 heterocycles. The van der Waals surface area contributed by atoms with Crippen LogP contribution in [-0.4, -0.2) is 26.2 Å². The van der Waals surface area contributed by atoms with E-state index in [1.807, 2.05) is 48.5 Å². The van der Waals surface area contributed by atoms with Crippen LogP contribution in [0.4, 0.5) is 5.95 Å². The van der Waals surface area contributed by atoms with Gasteiger partial charge in [0.1, 0.15) is 11.6 Å². The number of hydrogen-bond donors (Lipinski definition) is 3. The number of anilines is 1. The van der Waals surface area contributed by atoms with E-state index < -0.39 is 5.56 Å². The summed E-state index contributed by atoms with van der Waals surface area (Å²) in [7, 11) is 0. The molecule has 29 heavy (non-hydrogen) atoms. The lowest BCUT2D eigenvalue weighted by molar-refractivity contribution is 1.08. The number of nitrogens with zero attached hydrogens (tertiary/aromatic N) is 4. The Balaban J connectivity index is 1.59. The zero-order valence-corrected chi connectivity index (χ0v) is 15.1. The maximum atomic E-state index is 12.3. The average molecular weight is 381 g/mol. The SMILES string of the molecule is N#Cc1c(-c2ccccc2)nc(NN=Cc2cccc(-c3cnc[nH]3)c2)[nH]c1=O. The summed E-state index contributed by atoms with van der Waals surface area (Å²) >= 11 is 0. The molecule has 3 N–H and O–H groups in total. The summed E-state index contributed by atoms with van der Waals surface area (Å²) in [4.78, 5) is 26.2. The molecule has 2 aromatic carbocycles. The molecule has 8 nitrogen and oxygen atoms in total. The Kier molecular flexibility index (Phi) is 4.95. The summed E-state index contributed by atoms with van der Waals surface area (Å²) in [5, 5.41) is 13.5. The van der Waals surface area contributed by atoms with Crippen LogP contribution in [0.2, 0.25) is 0 Å². The van der Waals surface area contributed by atoms with Gasteiger partial charge in [0.15, 0.2) is 0 Å². The number of rotatable bonds is 5. The molecule has 0 saturated heterocycles. The fraction of sp³-hybridized carbons (Fsp3) is 0. The van der Waals surface area contributed by atoms with Crippen molar-refractivity contribution in [2.75, 3.05) is 5.43 Å². The largest absolute Gasteiger partial charge is 0.345 e. The summed E-state index contributed by atoms with van der Waals surface area (Å²) in [6, 6.07) is 18.7. The molecule has 0 aliphatic heterocycles. The summed E-state index contributed by atoms with van der Waals surface area (Å²) < 4.78 is 0. The van der Waals surface area contributed by atoms with Gasteiger partial charge in [-0.1, -0.05) is 48.5 Å². The Morgan fingerprint density at radius 1 is 1.10 bits per heavy atom. The lowest BCUT2D eigenvalue weighted by Gasteiger charge is -2.06. The van der Waals surface area contributed by atoms with Gasteiger partial charge < -0.3 is 4.98 Å². The number of imidazole rings is 1. The molecule has 0 bridgehead atoms. The van der Waals surface area contributed by atoms with Crippen LogP contribution >= 0.6 is 0 Å². The predicted molar refractivity (Wildman–Crippen MR) is 110 cm³/mol. The van der Waals surface area contributed by atoms with Gasteiger partial charge in [-0.2, -0.15) is 10.4 Å². The van der Waals surface area contributed by atoms with Crippen molar-refractivity contribution in [3.05, 3.63) is 88.6 Å². The van der Waals surface area contributed by atoms with Gasteiger partial charge in [-0.3, -0.25) is 9.78 Å². The Hall–Kier alpha value is -4.51. The van der Waals surface area contributed by atoms with Crippen molar-refractivity contribution in [1.29, 1.82) is 5.26 Å². The minimum Gasteiger partial charge on any atom is -0.345 e. The van der Waals surface area contributed by atoms with Gasteiger partial charge in [-0.05, 0) is 11.6 Å². The fourth-order valence-electron chi connectivity index (χ4n) is 2.80. The van der Waals surface area contributed by atoms with Gasteiger partial charge in [0.05, 0.1) is 30.1 Å². The molecule has 0 atom stereocenters. The normalized spacial score (nSPS) is 10.7. The first-order valence-corrected chi connectivity index (χ1v) is 8.72. The van der Waals surface area contributed by atoms with Crippen LogP contribution in [0.5, 0.6) is 0 Å². The number of aromatic amines is 2. The highest BCUT2D eigenvalue weighted by molar-refractivity contribution is 5.82. The summed E-state index contributed by atoms with van der Waals surface area (Å²) in [6.45, 7) is 0. The van der Waals surface area contributed by atoms with Gasteiger partial charge in [0, 0.05) is 11.1 Å². The quantitative estimate of drug-likeness (QED) is 0.362. The van der Waals surface area contributed by atoms with Crippen LogP contribution in [-0.2, 0) is 0 Å². The molecule has 8 heteroatoms. The Morgan fingerprint density at radius 3 is 2.69 bits per heavy atom. The summed E-state index contributed by atoms with van der Waals surface area (Å²) in [5.41, 5.74) is 5.86. The highest BCUT2D eigenvalue weighted by Gasteiger charge is 2.12. The molecular formula is C21H15N7O. The van der Waals surface area contributed by atoms with E-state index in [4.69, 9.17) is 0 Å². The maximum Gasteiger partial charge on any atom is 0.270 e. The van der Waals surface area contributed by atoms with Gasteiger partial charge >= 0.3 is 0 Å². The second kappa shape index (κ2) is 8.02. The fourth-order valence-corrected chi connectivity index (χ4v) is 2.80. The molecule has 0 amide bonds. The smallest absolute Gasteiger partial charge is 0.270 e. The first-order chi connectivity index (χ1) is 14.2. The topological polar surface area (TPSA) is 123 Å². The number of nitrogens with one attached hydrogen (secondary N) is 3. The molecule has 2 aromatic heterocycles. The third kappa shape index (κ3) is 3.94. The van der Waals surface area contributed by atoms with Gasteiger partial charge in [0.25, 0.3) is 5.56 Å².